The van der Waals surface area contributed by atoms with E-state index in [0.29, 0.717) is 18.5 Å². The number of carbonyl (C=O) groups excluding carboxylic acids is 2. The lowest BCUT2D eigenvalue weighted by Gasteiger charge is -2.35. The van der Waals surface area contributed by atoms with Gasteiger partial charge in [-0.25, -0.2) is 0 Å². The zero-order chi connectivity index (χ0) is 18.0. The minimum Gasteiger partial charge on any atom is -0.448 e. The maximum absolute atomic E-state index is 13.2. The Labute approximate surface area is 146 Å². The molecular formula is C20H22N2O3. The van der Waals surface area contributed by atoms with Crippen molar-refractivity contribution in [3.8, 4) is 0 Å². The van der Waals surface area contributed by atoms with Crippen molar-refractivity contribution in [2.45, 2.75) is 46.1 Å². The van der Waals surface area contributed by atoms with E-state index >= 15 is 0 Å². The standard InChI is InChI=1S/C20H22N2O3/c1-12-8-9-13-6-5-7-14(15(13)21-12)22-16(23)20-11-10-19(4,17(24)25-20)18(20,2)3/h5-9H,10-11H2,1-4H3,(H,22,23)/t19-,20-/m1/s1. The number of pyridine rings is 1. The molecule has 25 heavy (non-hydrogen) atoms. The normalized spacial score (nSPS) is 29.7. The van der Waals surface area contributed by atoms with Gasteiger partial charge < -0.3 is 10.1 Å². The van der Waals surface area contributed by atoms with E-state index in [4.69, 9.17) is 4.74 Å². The summed E-state index contributed by atoms with van der Waals surface area (Å²) in [7, 11) is 0. The first-order chi connectivity index (χ1) is 11.7. The van der Waals surface area contributed by atoms with Gasteiger partial charge in [0.1, 0.15) is 0 Å². The fraction of sp³-hybridized carbons (Fsp3) is 0.450. The summed E-state index contributed by atoms with van der Waals surface area (Å²) < 4.78 is 5.66. The van der Waals surface area contributed by atoms with Crippen LogP contribution in [0.5, 0.6) is 0 Å². The number of aromatic nitrogens is 1. The molecule has 130 valence electrons. The number of fused-ring (bicyclic) bond motifs is 3. The number of amides is 1. The van der Waals surface area contributed by atoms with Crippen LogP contribution in [0.2, 0.25) is 0 Å². The number of hydrogen-bond donors (Lipinski definition) is 1. The average molecular weight is 338 g/mol. The average Bonchev–Trinajstić information content (AvgIpc) is 2.86. The van der Waals surface area contributed by atoms with E-state index in [1.54, 1.807) is 0 Å². The first-order valence-corrected chi connectivity index (χ1v) is 8.63. The largest absolute Gasteiger partial charge is 0.448 e. The van der Waals surface area contributed by atoms with E-state index in [9.17, 15) is 9.59 Å². The Morgan fingerprint density at radius 2 is 1.92 bits per heavy atom. The molecule has 2 atom stereocenters. The first kappa shape index (κ1) is 16.1. The van der Waals surface area contributed by atoms with Crippen molar-refractivity contribution in [1.82, 2.24) is 4.98 Å². The van der Waals surface area contributed by atoms with E-state index in [1.165, 1.54) is 0 Å². The third-order valence-corrected chi connectivity index (χ3v) is 6.56. The van der Waals surface area contributed by atoms with Crippen LogP contribution in [-0.4, -0.2) is 22.5 Å². The zero-order valence-electron chi connectivity index (χ0n) is 15.0. The lowest BCUT2D eigenvalue weighted by Crippen LogP contribution is -2.50. The number of rotatable bonds is 2. The number of aryl methyl sites for hydroxylation is 1. The molecule has 0 radical (unpaired) electrons. The van der Waals surface area contributed by atoms with Crippen LogP contribution in [0, 0.1) is 17.8 Å². The number of benzene rings is 1. The van der Waals surface area contributed by atoms with Gasteiger partial charge >= 0.3 is 5.97 Å². The molecule has 5 heteroatoms. The van der Waals surface area contributed by atoms with Crippen molar-refractivity contribution in [2.75, 3.05) is 5.32 Å². The maximum Gasteiger partial charge on any atom is 0.313 e. The lowest BCUT2D eigenvalue weighted by atomic mass is 9.66. The summed E-state index contributed by atoms with van der Waals surface area (Å²) in [5.41, 5.74) is -0.0193. The summed E-state index contributed by atoms with van der Waals surface area (Å²) >= 11 is 0. The number of carbonyl (C=O) groups is 2. The molecule has 2 bridgehead atoms. The van der Waals surface area contributed by atoms with Crippen LogP contribution in [-0.2, 0) is 14.3 Å². The second-order valence-electron chi connectivity index (χ2n) is 7.96. The van der Waals surface area contributed by atoms with Crippen LogP contribution in [0.3, 0.4) is 0 Å². The van der Waals surface area contributed by atoms with Gasteiger partial charge in [-0.15, -0.1) is 0 Å². The second kappa shape index (κ2) is 4.81. The molecule has 0 unspecified atom stereocenters. The highest BCUT2D eigenvalue weighted by Crippen LogP contribution is 2.65. The molecule has 2 fully saturated rings. The fourth-order valence-electron chi connectivity index (χ4n) is 4.32. The molecule has 1 aliphatic heterocycles. The molecule has 1 aromatic heterocycles. The Balaban J connectivity index is 1.75. The van der Waals surface area contributed by atoms with Crippen molar-refractivity contribution in [3.63, 3.8) is 0 Å². The van der Waals surface area contributed by atoms with Gasteiger partial charge in [-0.1, -0.05) is 32.0 Å². The molecule has 0 spiro atoms. The molecule has 1 saturated heterocycles. The minimum absolute atomic E-state index is 0.261. The maximum atomic E-state index is 13.2. The molecule has 2 aromatic rings. The van der Waals surface area contributed by atoms with Gasteiger partial charge in [0.05, 0.1) is 16.6 Å². The summed E-state index contributed by atoms with van der Waals surface area (Å²) in [6.45, 7) is 7.73. The van der Waals surface area contributed by atoms with Crippen molar-refractivity contribution >= 4 is 28.5 Å². The molecule has 1 saturated carbocycles. The summed E-state index contributed by atoms with van der Waals surface area (Å²) in [6.07, 6.45) is 1.21. The highest BCUT2D eigenvalue weighted by Gasteiger charge is 2.75. The predicted molar refractivity (Wildman–Crippen MR) is 95.1 cm³/mol. The summed E-state index contributed by atoms with van der Waals surface area (Å²) in [4.78, 5) is 30.1. The highest BCUT2D eigenvalue weighted by molar-refractivity contribution is 6.07. The van der Waals surface area contributed by atoms with Gasteiger partial charge in [0.25, 0.3) is 5.91 Å². The second-order valence-corrected chi connectivity index (χ2v) is 7.96. The number of nitrogens with zero attached hydrogens (tertiary/aromatic N) is 1. The molecule has 4 rings (SSSR count). The molecule has 1 aromatic carbocycles. The predicted octanol–water partition coefficient (Wildman–Crippen LogP) is 3.60. The zero-order valence-corrected chi connectivity index (χ0v) is 15.0. The lowest BCUT2D eigenvalue weighted by molar-refractivity contribution is -0.165. The van der Waals surface area contributed by atoms with E-state index in [-0.39, 0.29) is 11.9 Å². The van der Waals surface area contributed by atoms with Gasteiger partial charge in [-0.3, -0.25) is 14.6 Å². The molecule has 2 aliphatic rings. The molecule has 2 heterocycles. The highest BCUT2D eigenvalue weighted by atomic mass is 16.6. The Hall–Kier alpha value is -2.43. The number of para-hydroxylation sites is 1. The Morgan fingerprint density at radius 1 is 1.16 bits per heavy atom. The molecule has 1 aliphatic carbocycles. The summed E-state index contributed by atoms with van der Waals surface area (Å²) in [6, 6.07) is 9.61. The third-order valence-electron chi connectivity index (χ3n) is 6.56. The molecule has 1 amide bonds. The fourth-order valence-corrected chi connectivity index (χ4v) is 4.32. The quantitative estimate of drug-likeness (QED) is 0.850. The summed E-state index contributed by atoms with van der Waals surface area (Å²) in [5, 5.41) is 3.95. The Morgan fingerprint density at radius 3 is 2.56 bits per heavy atom. The van der Waals surface area contributed by atoms with E-state index in [1.807, 2.05) is 58.0 Å². The number of hydrogen-bond acceptors (Lipinski definition) is 4. The van der Waals surface area contributed by atoms with E-state index in [0.717, 1.165) is 16.6 Å². The van der Waals surface area contributed by atoms with Crippen molar-refractivity contribution in [2.24, 2.45) is 10.8 Å². The topological polar surface area (TPSA) is 68.3 Å². The van der Waals surface area contributed by atoms with Gasteiger partial charge in [-0.05, 0) is 38.8 Å². The van der Waals surface area contributed by atoms with Crippen molar-refractivity contribution in [3.05, 3.63) is 36.0 Å². The van der Waals surface area contributed by atoms with Gasteiger partial charge in [0, 0.05) is 16.5 Å². The van der Waals surface area contributed by atoms with Gasteiger partial charge in [0.15, 0.2) is 5.60 Å². The van der Waals surface area contributed by atoms with Crippen LogP contribution < -0.4 is 5.32 Å². The monoisotopic (exact) mass is 338 g/mol. The van der Waals surface area contributed by atoms with E-state index < -0.39 is 16.4 Å². The van der Waals surface area contributed by atoms with Crippen LogP contribution in [0.25, 0.3) is 10.9 Å². The number of ether oxygens (including phenoxy) is 1. The number of esters is 1. The van der Waals surface area contributed by atoms with Crippen LogP contribution in [0.1, 0.15) is 39.3 Å². The van der Waals surface area contributed by atoms with Gasteiger partial charge in [-0.2, -0.15) is 0 Å². The SMILES string of the molecule is Cc1ccc2cccc(NC(=O)[C@@]34CC[C@](C)(C(=O)O3)C4(C)C)c2n1. The van der Waals surface area contributed by atoms with Crippen LogP contribution in [0.4, 0.5) is 5.69 Å². The third kappa shape index (κ3) is 1.86. The van der Waals surface area contributed by atoms with Crippen LogP contribution >= 0.6 is 0 Å². The number of nitrogens with one attached hydrogen (secondary N) is 1. The molecule has 5 nitrogen and oxygen atoms in total. The van der Waals surface area contributed by atoms with Gasteiger partial charge in [0.2, 0.25) is 0 Å². The smallest absolute Gasteiger partial charge is 0.313 e. The van der Waals surface area contributed by atoms with Crippen LogP contribution in [0.15, 0.2) is 30.3 Å². The first-order valence-electron chi connectivity index (χ1n) is 8.63. The minimum atomic E-state index is -1.12. The van der Waals surface area contributed by atoms with Crippen molar-refractivity contribution < 1.29 is 14.3 Å². The Bertz CT molecular complexity index is 920. The Kier molecular flexibility index (Phi) is 3.09. The number of anilines is 1. The molecule has 1 N–H and O–H groups in total. The summed E-state index contributed by atoms with van der Waals surface area (Å²) in [5.74, 6) is -0.534. The molecular weight excluding hydrogens is 316 g/mol. The van der Waals surface area contributed by atoms with E-state index in [2.05, 4.69) is 10.3 Å². The van der Waals surface area contributed by atoms with Crippen molar-refractivity contribution in [1.29, 1.82) is 0 Å².